The SMILES string of the molecule is C[C@@H]1CCC(=O)CCC(=O)O[C@H](C)CC[C@@H](O)C=CC(=O)O1. The highest BCUT2D eigenvalue weighted by molar-refractivity contribution is 5.83. The Balaban J connectivity index is 2.65. The van der Waals surface area contributed by atoms with E-state index in [4.69, 9.17) is 9.47 Å². The van der Waals surface area contributed by atoms with E-state index in [-0.39, 0.29) is 31.1 Å². The molecule has 0 aromatic heterocycles. The Bertz CT molecular complexity index is 428. The lowest BCUT2D eigenvalue weighted by molar-refractivity contribution is -0.149. The van der Waals surface area contributed by atoms with E-state index >= 15 is 0 Å². The molecule has 0 unspecified atom stereocenters. The van der Waals surface area contributed by atoms with E-state index in [1.54, 1.807) is 13.8 Å². The highest BCUT2D eigenvalue weighted by Crippen LogP contribution is 2.11. The van der Waals surface area contributed by atoms with Gasteiger partial charge in [-0.2, -0.15) is 0 Å². The first kappa shape index (κ1) is 18.4. The van der Waals surface area contributed by atoms with Crippen LogP contribution >= 0.6 is 0 Å². The van der Waals surface area contributed by atoms with Crippen molar-refractivity contribution in [2.24, 2.45) is 0 Å². The minimum Gasteiger partial charge on any atom is -0.463 e. The fourth-order valence-corrected chi connectivity index (χ4v) is 2.06. The number of aliphatic hydroxyl groups is 1. The van der Waals surface area contributed by atoms with Crippen LogP contribution in [0.2, 0.25) is 0 Å². The monoisotopic (exact) mass is 312 g/mol. The summed E-state index contributed by atoms with van der Waals surface area (Å²) in [5, 5.41) is 9.74. The van der Waals surface area contributed by atoms with Crippen LogP contribution in [-0.4, -0.2) is 41.1 Å². The molecule has 22 heavy (non-hydrogen) atoms. The van der Waals surface area contributed by atoms with Gasteiger partial charge < -0.3 is 14.6 Å². The molecule has 0 aliphatic carbocycles. The van der Waals surface area contributed by atoms with E-state index < -0.39 is 24.1 Å². The molecule has 1 heterocycles. The number of ketones is 1. The van der Waals surface area contributed by atoms with Gasteiger partial charge >= 0.3 is 11.9 Å². The maximum Gasteiger partial charge on any atom is 0.330 e. The Morgan fingerprint density at radius 2 is 1.64 bits per heavy atom. The van der Waals surface area contributed by atoms with Crippen molar-refractivity contribution in [1.82, 2.24) is 0 Å². The maximum absolute atomic E-state index is 11.7. The lowest BCUT2D eigenvalue weighted by atomic mass is 10.1. The second-order valence-electron chi connectivity index (χ2n) is 5.63. The van der Waals surface area contributed by atoms with Crippen molar-refractivity contribution in [2.75, 3.05) is 0 Å². The van der Waals surface area contributed by atoms with Crippen molar-refractivity contribution < 1.29 is 29.0 Å². The summed E-state index contributed by atoms with van der Waals surface area (Å²) in [6.07, 6.45) is 2.71. The van der Waals surface area contributed by atoms with Gasteiger partial charge in [0.25, 0.3) is 0 Å². The van der Waals surface area contributed by atoms with Crippen LogP contribution in [-0.2, 0) is 23.9 Å². The zero-order chi connectivity index (χ0) is 16.5. The van der Waals surface area contributed by atoms with Gasteiger partial charge in [0.2, 0.25) is 0 Å². The number of carbonyl (C=O) groups excluding carboxylic acids is 3. The zero-order valence-corrected chi connectivity index (χ0v) is 13.1. The molecule has 0 fully saturated rings. The van der Waals surface area contributed by atoms with Crippen molar-refractivity contribution in [3.05, 3.63) is 12.2 Å². The van der Waals surface area contributed by atoms with Crippen LogP contribution in [0.1, 0.15) is 52.4 Å². The Hall–Kier alpha value is -1.69. The van der Waals surface area contributed by atoms with Crippen molar-refractivity contribution in [1.29, 1.82) is 0 Å². The van der Waals surface area contributed by atoms with Gasteiger partial charge in [-0.3, -0.25) is 9.59 Å². The lowest BCUT2D eigenvalue weighted by Gasteiger charge is -2.15. The number of Topliss-reactive ketones (excluding diaryl/α,β-unsaturated/α-hetero) is 1. The minimum absolute atomic E-state index is 0.0504. The normalized spacial score (nSPS) is 29.8. The number of esters is 2. The lowest BCUT2D eigenvalue weighted by Crippen LogP contribution is -2.19. The van der Waals surface area contributed by atoms with Crippen molar-refractivity contribution in [2.45, 2.75) is 70.7 Å². The van der Waals surface area contributed by atoms with Crippen LogP contribution in [0.5, 0.6) is 0 Å². The van der Waals surface area contributed by atoms with Crippen molar-refractivity contribution in [3.63, 3.8) is 0 Å². The fourth-order valence-electron chi connectivity index (χ4n) is 2.06. The van der Waals surface area contributed by atoms with Crippen molar-refractivity contribution >= 4 is 17.7 Å². The summed E-state index contributed by atoms with van der Waals surface area (Å²) in [7, 11) is 0. The highest BCUT2D eigenvalue weighted by atomic mass is 16.5. The van der Waals surface area contributed by atoms with Gasteiger partial charge in [-0.05, 0) is 39.2 Å². The molecule has 124 valence electrons. The largest absolute Gasteiger partial charge is 0.463 e. The van der Waals surface area contributed by atoms with Gasteiger partial charge in [-0.1, -0.05) is 0 Å². The Morgan fingerprint density at radius 3 is 2.36 bits per heavy atom. The predicted octanol–water partition coefficient (Wildman–Crippen LogP) is 1.69. The molecule has 0 radical (unpaired) electrons. The topological polar surface area (TPSA) is 89.9 Å². The molecular formula is C16H24O6. The predicted molar refractivity (Wildman–Crippen MR) is 79.0 cm³/mol. The highest BCUT2D eigenvalue weighted by Gasteiger charge is 2.15. The van der Waals surface area contributed by atoms with Crippen LogP contribution < -0.4 is 0 Å². The molecule has 0 spiro atoms. The third kappa shape index (κ3) is 7.93. The molecule has 0 aromatic carbocycles. The Morgan fingerprint density at radius 1 is 0.955 bits per heavy atom. The average Bonchev–Trinajstić information content (AvgIpc) is 2.46. The number of rotatable bonds is 0. The molecular weight excluding hydrogens is 288 g/mol. The molecule has 0 saturated heterocycles. The van der Waals surface area contributed by atoms with Gasteiger partial charge in [-0.25, -0.2) is 4.79 Å². The Labute approximate surface area is 130 Å². The van der Waals surface area contributed by atoms with E-state index in [1.165, 1.54) is 12.2 Å². The summed E-state index contributed by atoms with van der Waals surface area (Å²) in [4.78, 5) is 34.8. The molecule has 6 heteroatoms. The number of hydrogen-bond donors (Lipinski definition) is 1. The minimum atomic E-state index is -0.793. The van der Waals surface area contributed by atoms with E-state index in [0.717, 1.165) is 0 Å². The van der Waals surface area contributed by atoms with Gasteiger partial charge in [0.15, 0.2) is 0 Å². The molecule has 3 atom stereocenters. The first-order valence-electron chi connectivity index (χ1n) is 7.65. The Kier molecular flexibility index (Phi) is 7.80. The number of hydrogen-bond acceptors (Lipinski definition) is 6. The first-order valence-corrected chi connectivity index (χ1v) is 7.65. The van der Waals surface area contributed by atoms with Crippen LogP contribution in [0.25, 0.3) is 0 Å². The number of carbonyl (C=O) groups is 3. The third-order valence-electron chi connectivity index (χ3n) is 3.41. The molecule has 1 N–H and O–H groups in total. The van der Waals surface area contributed by atoms with Crippen LogP contribution in [0, 0.1) is 0 Å². The summed E-state index contributed by atoms with van der Waals surface area (Å²) < 4.78 is 10.3. The van der Waals surface area contributed by atoms with Gasteiger partial charge in [-0.15, -0.1) is 0 Å². The second kappa shape index (κ2) is 9.35. The summed E-state index contributed by atoms with van der Waals surface area (Å²) in [5.41, 5.74) is 0. The summed E-state index contributed by atoms with van der Waals surface area (Å²) in [6.45, 7) is 3.43. The molecule has 1 rings (SSSR count). The standard InChI is InChI=1S/C16H24O6/c1-11-3-5-13(17)8-10-16(20)22-12(2)4-6-14(18)7-9-15(19)21-11/h7,9,11-12,14,18H,3-6,8,10H2,1-2H3/t11-,12-,14-/m1/s1. The number of aliphatic hydroxyl groups excluding tert-OH is 1. The van der Waals surface area contributed by atoms with E-state index in [1.807, 2.05) is 0 Å². The summed E-state index contributed by atoms with van der Waals surface area (Å²) in [5.74, 6) is -0.992. The van der Waals surface area contributed by atoms with Crippen LogP contribution in [0.15, 0.2) is 12.2 Å². The molecule has 0 saturated carbocycles. The molecule has 1 aliphatic rings. The second-order valence-corrected chi connectivity index (χ2v) is 5.63. The average molecular weight is 312 g/mol. The molecule has 0 bridgehead atoms. The van der Waals surface area contributed by atoms with Crippen LogP contribution in [0.3, 0.4) is 0 Å². The fraction of sp³-hybridized carbons (Fsp3) is 0.688. The molecule has 1 aliphatic heterocycles. The zero-order valence-electron chi connectivity index (χ0n) is 13.1. The van der Waals surface area contributed by atoms with E-state index in [0.29, 0.717) is 19.3 Å². The smallest absolute Gasteiger partial charge is 0.330 e. The quantitative estimate of drug-likeness (QED) is 0.685. The third-order valence-corrected chi connectivity index (χ3v) is 3.41. The van der Waals surface area contributed by atoms with E-state index in [9.17, 15) is 19.5 Å². The molecule has 6 nitrogen and oxygen atoms in total. The molecule has 0 amide bonds. The maximum atomic E-state index is 11.7. The number of ether oxygens (including phenoxy) is 2. The first-order chi connectivity index (χ1) is 10.4. The summed E-state index contributed by atoms with van der Waals surface area (Å²) >= 11 is 0. The summed E-state index contributed by atoms with van der Waals surface area (Å²) in [6, 6.07) is 0. The van der Waals surface area contributed by atoms with Gasteiger partial charge in [0.1, 0.15) is 5.78 Å². The van der Waals surface area contributed by atoms with Crippen LogP contribution in [0.4, 0.5) is 0 Å². The molecule has 0 aromatic rings. The van der Waals surface area contributed by atoms with Gasteiger partial charge in [0, 0.05) is 18.9 Å². The van der Waals surface area contributed by atoms with Gasteiger partial charge in [0.05, 0.1) is 24.7 Å². The van der Waals surface area contributed by atoms with Crippen molar-refractivity contribution in [3.8, 4) is 0 Å². The van der Waals surface area contributed by atoms with E-state index in [2.05, 4.69) is 0 Å². The number of cyclic esters (lactones) is 2.